The molecule has 1 fully saturated rings. The van der Waals surface area contributed by atoms with E-state index >= 15 is 0 Å². The van der Waals surface area contributed by atoms with Gasteiger partial charge in [0.25, 0.3) is 11.8 Å². The van der Waals surface area contributed by atoms with Crippen molar-refractivity contribution in [3.05, 3.63) is 12.2 Å². The van der Waals surface area contributed by atoms with Crippen LogP contribution < -0.4 is 0 Å². The number of rotatable bonds is 34. The monoisotopic (exact) mass is 665 g/mol. The normalized spacial score (nSPS) is 16.7. The number of hydrogen-bond acceptors (Lipinski definition) is 14. The Morgan fingerprint density at radius 2 is 0.804 bits per heavy atom. The molecular weight excluding hydrogens is 610 g/mol. The highest BCUT2D eigenvalue weighted by molar-refractivity contribution is 6.12. The van der Waals surface area contributed by atoms with Gasteiger partial charge in [0.1, 0.15) is 0 Å². The van der Waals surface area contributed by atoms with Crippen molar-refractivity contribution in [2.75, 3.05) is 152 Å². The lowest BCUT2D eigenvalue weighted by Crippen LogP contribution is -2.33. The summed E-state index contributed by atoms with van der Waals surface area (Å²) < 4.78 is 65.6. The van der Waals surface area contributed by atoms with Crippen molar-refractivity contribution >= 4 is 11.8 Å². The Kier molecular flexibility index (Phi) is 27.1. The number of hydrogen-bond donors (Lipinski definition) is 0. The quantitative estimate of drug-likeness (QED) is 0.0699. The van der Waals surface area contributed by atoms with Gasteiger partial charge in [-0.2, -0.15) is 0 Å². The third-order valence-corrected chi connectivity index (χ3v) is 6.38. The second-order valence-corrected chi connectivity index (χ2v) is 9.95. The zero-order valence-electron chi connectivity index (χ0n) is 27.3. The molecule has 2 rings (SSSR count). The second kappa shape index (κ2) is 30.7. The van der Waals surface area contributed by atoms with Crippen LogP contribution >= 0.6 is 0 Å². The van der Waals surface area contributed by atoms with E-state index in [1.807, 2.05) is 0 Å². The van der Waals surface area contributed by atoms with Gasteiger partial charge in [-0.1, -0.05) is 0 Å². The molecule has 2 aliphatic rings. The van der Waals surface area contributed by atoms with E-state index in [-0.39, 0.29) is 31.3 Å². The zero-order valence-corrected chi connectivity index (χ0v) is 27.3. The number of amides is 2. The summed E-state index contributed by atoms with van der Waals surface area (Å²) in [7, 11) is 0. The maximum atomic E-state index is 11.4. The van der Waals surface area contributed by atoms with Crippen LogP contribution in [0.25, 0.3) is 0 Å². The van der Waals surface area contributed by atoms with Crippen molar-refractivity contribution in [1.29, 1.82) is 0 Å². The van der Waals surface area contributed by atoms with Gasteiger partial charge in [0.05, 0.1) is 145 Å². The van der Waals surface area contributed by atoms with Crippen LogP contribution in [0.1, 0.15) is 19.3 Å². The molecule has 0 spiro atoms. The molecule has 0 radical (unpaired) electrons. The lowest BCUT2D eigenvalue weighted by atomic mass is 10.2. The Hall–Kier alpha value is -1.60. The van der Waals surface area contributed by atoms with E-state index < -0.39 is 0 Å². The molecule has 1 saturated heterocycles. The van der Waals surface area contributed by atoms with Gasteiger partial charge in [-0.15, -0.1) is 0 Å². The highest BCUT2D eigenvalue weighted by atomic mass is 16.7. The number of imide groups is 1. The summed E-state index contributed by atoms with van der Waals surface area (Å²) in [6.07, 6.45) is 5.68. The zero-order chi connectivity index (χ0) is 32.6. The van der Waals surface area contributed by atoms with Gasteiger partial charge in [0.15, 0.2) is 6.29 Å². The molecule has 15 heteroatoms. The van der Waals surface area contributed by atoms with Crippen LogP contribution in [0.2, 0.25) is 0 Å². The standard InChI is InChI=1S/C31H55NO14/c33-29-4-5-30(34)32(29)6-8-35-9-10-36-11-12-37-13-14-38-15-16-39-17-18-40-19-20-41-21-22-42-23-24-43-25-26-44-27-28-46-31-3-1-2-7-45-31/h4-5,31H,1-3,6-28H2. The summed E-state index contributed by atoms with van der Waals surface area (Å²) in [6, 6.07) is 0. The minimum Gasteiger partial charge on any atom is -0.377 e. The van der Waals surface area contributed by atoms with Crippen molar-refractivity contribution in [2.24, 2.45) is 0 Å². The Balaban J connectivity index is 1.13. The van der Waals surface area contributed by atoms with Crippen molar-refractivity contribution in [3.8, 4) is 0 Å². The predicted molar refractivity (Wildman–Crippen MR) is 164 cm³/mol. The summed E-state index contributed by atoms with van der Waals surface area (Å²) in [5.41, 5.74) is 0. The summed E-state index contributed by atoms with van der Waals surface area (Å²) in [5.74, 6) is -0.612. The molecule has 2 amide bonds. The molecule has 0 aromatic rings. The van der Waals surface area contributed by atoms with Crippen LogP contribution in [0, 0.1) is 0 Å². The third-order valence-electron chi connectivity index (χ3n) is 6.38. The average molecular weight is 666 g/mol. The molecule has 268 valence electrons. The maximum absolute atomic E-state index is 11.4. The molecule has 1 unspecified atom stereocenters. The predicted octanol–water partition coefficient (Wildman–Crippen LogP) is 0.621. The van der Waals surface area contributed by atoms with Crippen molar-refractivity contribution in [1.82, 2.24) is 4.90 Å². The Labute approximate surface area is 272 Å². The maximum Gasteiger partial charge on any atom is 0.253 e. The van der Waals surface area contributed by atoms with Gasteiger partial charge >= 0.3 is 0 Å². The van der Waals surface area contributed by atoms with E-state index in [0.717, 1.165) is 30.8 Å². The fourth-order valence-electron chi connectivity index (χ4n) is 3.97. The summed E-state index contributed by atoms with van der Waals surface area (Å²) >= 11 is 0. The van der Waals surface area contributed by atoms with Gasteiger partial charge in [0, 0.05) is 18.8 Å². The lowest BCUT2D eigenvalue weighted by molar-refractivity contribution is -0.169. The van der Waals surface area contributed by atoms with Crippen LogP contribution in [0.3, 0.4) is 0 Å². The highest BCUT2D eigenvalue weighted by Gasteiger charge is 2.22. The van der Waals surface area contributed by atoms with Crippen LogP contribution in [-0.4, -0.2) is 175 Å². The van der Waals surface area contributed by atoms with Crippen LogP contribution in [-0.2, 0) is 66.4 Å². The Bertz CT molecular complexity index is 735. The molecule has 2 heterocycles. The van der Waals surface area contributed by atoms with Crippen molar-refractivity contribution in [2.45, 2.75) is 25.6 Å². The number of carbonyl (C=O) groups excluding carboxylic acids is 2. The van der Waals surface area contributed by atoms with E-state index in [2.05, 4.69) is 0 Å². The second-order valence-electron chi connectivity index (χ2n) is 9.95. The molecule has 2 aliphatic heterocycles. The third kappa shape index (κ3) is 23.7. The van der Waals surface area contributed by atoms with Crippen LogP contribution in [0.4, 0.5) is 0 Å². The molecule has 15 nitrogen and oxygen atoms in total. The van der Waals surface area contributed by atoms with E-state index in [1.165, 1.54) is 12.2 Å². The van der Waals surface area contributed by atoms with Gasteiger partial charge < -0.3 is 56.8 Å². The Morgan fingerprint density at radius 1 is 0.478 bits per heavy atom. The smallest absolute Gasteiger partial charge is 0.253 e. The molecule has 1 atom stereocenters. The van der Waals surface area contributed by atoms with Crippen LogP contribution in [0.5, 0.6) is 0 Å². The van der Waals surface area contributed by atoms with Crippen LogP contribution in [0.15, 0.2) is 12.2 Å². The van der Waals surface area contributed by atoms with Gasteiger partial charge in [-0.25, -0.2) is 0 Å². The minimum absolute atomic E-state index is 0.0714. The van der Waals surface area contributed by atoms with Crippen molar-refractivity contribution in [3.63, 3.8) is 0 Å². The van der Waals surface area contributed by atoms with E-state index in [1.54, 1.807) is 0 Å². The first-order valence-corrected chi connectivity index (χ1v) is 16.3. The molecule has 0 aromatic heterocycles. The average Bonchev–Trinajstić information content (AvgIpc) is 3.39. The number of carbonyl (C=O) groups is 2. The van der Waals surface area contributed by atoms with E-state index in [4.69, 9.17) is 56.8 Å². The fourth-order valence-corrected chi connectivity index (χ4v) is 3.97. The molecule has 46 heavy (non-hydrogen) atoms. The fraction of sp³-hybridized carbons (Fsp3) is 0.871. The highest BCUT2D eigenvalue weighted by Crippen LogP contribution is 2.13. The van der Waals surface area contributed by atoms with Crippen molar-refractivity contribution < 1.29 is 66.4 Å². The summed E-state index contributed by atoms with van der Waals surface area (Å²) in [5, 5.41) is 0. The van der Waals surface area contributed by atoms with Gasteiger partial charge in [0.2, 0.25) is 0 Å². The SMILES string of the molecule is O=C1C=CC(=O)N1CCOCCOCCOCCOCCOCCOCCOCCOCCOCCOCCOC1CCCCO1. The number of nitrogens with zero attached hydrogens (tertiary/aromatic N) is 1. The largest absolute Gasteiger partial charge is 0.377 e. The van der Waals surface area contributed by atoms with Gasteiger partial charge in [-0.05, 0) is 19.3 Å². The molecule has 0 bridgehead atoms. The van der Waals surface area contributed by atoms with Gasteiger partial charge in [-0.3, -0.25) is 14.5 Å². The lowest BCUT2D eigenvalue weighted by Gasteiger charge is -2.22. The molecule has 0 saturated carbocycles. The minimum atomic E-state index is -0.306. The first kappa shape index (κ1) is 40.6. The van der Waals surface area contributed by atoms with E-state index in [9.17, 15) is 9.59 Å². The number of ether oxygens (including phenoxy) is 12. The van der Waals surface area contributed by atoms with E-state index in [0.29, 0.717) is 132 Å². The topological polar surface area (TPSA) is 148 Å². The molecular formula is C31H55NO14. The molecule has 0 aliphatic carbocycles. The summed E-state index contributed by atoms with van der Waals surface area (Å²) in [6.45, 7) is 11.1. The Morgan fingerprint density at radius 3 is 1.13 bits per heavy atom. The first-order chi connectivity index (χ1) is 22.8. The molecule has 0 N–H and O–H groups in total. The molecule has 0 aromatic carbocycles. The first-order valence-electron chi connectivity index (χ1n) is 16.3. The summed E-state index contributed by atoms with van der Waals surface area (Å²) in [4.78, 5) is 23.9.